The summed E-state index contributed by atoms with van der Waals surface area (Å²) < 4.78 is 10.9. The lowest BCUT2D eigenvalue weighted by molar-refractivity contribution is 0.171. The molecule has 0 aromatic heterocycles. The number of rotatable bonds is 2. The molecule has 14 heavy (non-hydrogen) atoms. The Hall–Kier alpha value is -1.03. The van der Waals surface area contributed by atoms with Crippen molar-refractivity contribution in [1.82, 2.24) is 0 Å². The quantitative estimate of drug-likeness (QED) is 0.595. The fraction of sp³-hybridized carbons (Fsp3) is 0.400. The molecule has 0 N–H and O–H groups in total. The number of hydrogen-bond acceptors (Lipinski definition) is 4. The molecule has 1 aliphatic rings. The van der Waals surface area contributed by atoms with Gasteiger partial charge in [0.05, 0.1) is 5.88 Å². The molecule has 4 heteroatoms. The Morgan fingerprint density at radius 2 is 2.00 bits per heavy atom. The molecule has 0 saturated carbocycles. The van der Waals surface area contributed by atoms with E-state index in [1.54, 1.807) is 0 Å². The zero-order valence-corrected chi connectivity index (χ0v) is 8.96. The first kappa shape index (κ1) is 9.52. The average molecular weight is 211 g/mol. The van der Waals surface area contributed by atoms with Crippen LogP contribution in [0.4, 0.5) is 5.69 Å². The van der Waals surface area contributed by atoms with Crippen LogP contribution in [0.2, 0.25) is 0 Å². The lowest BCUT2D eigenvalue weighted by atomic mass is 10.2. The Labute approximate surface area is 89.0 Å². The van der Waals surface area contributed by atoms with Gasteiger partial charge in [-0.05, 0) is 12.1 Å². The van der Waals surface area contributed by atoms with Gasteiger partial charge in [0.15, 0.2) is 11.5 Å². The van der Waals surface area contributed by atoms with E-state index < -0.39 is 0 Å². The van der Waals surface area contributed by atoms with E-state index in [-0.39, 0.29) is 0 Å². The van der Waals surface area contributed by atoms with E-state index in [0.29, 0.717) is 19.1 Å². The Morgan fingerprint density at radius 1 is 1.29 bits per heavy atom. The van der Waals surface area contributed by atoms with E-state index in [2.05, 4.69) is 12.6 Å². The lowest BCUT2D eigenvalue weighted by Gasteiger charge is -2.22. The molecule has 0 atom stereocenters. The van der Waals surface area contributed by atoms with Gasteiger partial charge in [-0.3, -0.25) is 0 Å². The van der Waals surface area contributed by atoms with Crippen LogP contribution in [0.5, 0.6) is 11.5 Å². The van der Waals surface area contributed by atoms with Gasteiger partial charge in [-0.25, -0.2) is 0 Å². The molecule has 0 bridgehead atoms. The molecule has 0 fully saturated rings. The summed E-state index contributed by atoms with van der Waals surface area (Å²) in [7, 11) is 1.98. The van der Waals surface area contributed by atoms with Crippen LogP contribution in [0.25, 0.3) is 0 Å². The topological polar surface area (TPSA) is 21.7 Å². The van der Waals surface area contributed by atoms with Gasteiger partial charge < -0.3 is 14.4 Å². The van der Waals surface area contributed by atoms with Crippen LogP contribution in [0.1, 0.15) is 0 Å². The van der Waals surface area contributed by atoms with E-state index in [1.165, 1.54) is 0 Å². The SMILES string of the molecule is CN(CS)c1ccc2c(c1)OCCO2. The molecule has 1 aromatic rings. The first-order valence-electron chi connectivity index (χ1n) is 4.53. The molecule has 0 radical (unpaired) electrons. The van der Waals surface area contributed by atoms with E-state index in [0.717, 1.165) is 17.2 Å². The zero-order valence-electron chi connectivity index (χ0n) is 8.06. The van der Waals surface area contributed by atoms with Gasteiger partial charge in [0.25, 0.3) is 0 Å². The Morgan fingerprint density at radius 3 is 2.71 bits per heavy atom. The summed E-state index contributed by atoms with van der Waals surface area (Å²) in [6.45, 7) is 1.26. The van der Waals surface area contributed by atoms with Crippen molar-refractivity contribution in [2.45, 2.75) is 0 Å². The number of benzene rings is 1. The summed E-state index contributed by atoms with van der Waals surface area (Å²) in [5, 5.41) is 0. The van der Waals surface area contributed by atoms with Gasteiger partial charge in [-0.1, -0.05) is 0 Å². The highest BCUT2D eigenvalue weighted by Crippen LogP contribution is 2.33. The minimum absolute atomic E-state index is 0.626. The number of thiol groups is 1. The monoisotopic (exact) mass is 211 g/mol. The van der Waals surface area contributed by atoms with Gasteiger partial charge in [0.2, 0.25) is 0 Å². The number of hydrogen-bond donors (Lipinski definition) is 1. The predicted octanol–water partition coefficient (Wildman–Crippen LogP) is 1.78. The highest BCUT2D eigenvalue weighted by atomic mass is 32.1. The second kappa shape index (κ2) is 4.00. The number of nitrogens with zero attached hydrogens (tertiary/aromatic N) is 1. The van der Waals surface area contributed by atoms with Crippen molar-refractivity contribution in [1.29, 1.82) is 0 Å². The van der Waals surface area contributed by atoms with Crippen LogP contribution < -0.4 is 14.4 Å². The second-order valence-electron chi connectivity index (χ2n) is 3.17. The molecule has 76 valence electrons. The summed E-state index contributed by atoms with van der Waals surface area (Å²) in [6, 6.07) is 5.91. The van der Waals surface area contributed by atoms with Crippen molar-refractivity contribution < 1.29 is 9.47 Å². The number of fused-ring (bicyclic) bond motifs is 1. The van der Waals surface area contributed by atoms with Crippen molar-refractivity contribution in [3.05, 3.63) is 18.2 Å². The highest BCUT2D eigenvalue weighted by molar-refractivity contribution is 7.80. The Bertz CT molecular complexity index is 330. The minimum Gasteiger partial charge on any atom is -0.486 e. The number of anilines is 1. The third kappa shape index (κ3) is 1.75. The van der Waals surface area contributed by atoms with Gasteiger partial charge in [0, 0.05) is 18.8 Å². The summed E-state index contributed by atoms with van der Waals surface area (Å²) in [6.07, 6.45) is 0. The number of ether oxygens (including phenoxy) is 2. The van der Waals surface area contributed by atoms with Crippen molar-refractivity contribution >= 4 is 18.3 Å². The van der Waals surface area contributed by atoms with Gasteiger partial charge >= 0.3 is 0 Å². The summed E-state index contributed by atoms with van der Waals surface area (Å²) in [5.41, 5.74) is 1.09. The van der Waals surface area contributed by atoms with Crippen molar-refractivity contribution in [3.63, 3.8) is 0 Å². The van der Waals surface area contributed by atoms with Crippen LogP contribution in [0.15, 0.2) is 18.2 Å². The van der Waals surface area contributed by atoms with E-state index in [1.807, 2.05) is 30.1 Å². The Kier molecular flexibility index (Phi) is 2.72. The van der Waals surface area contributed by atoms with E-state index in [9.17, 15) is 0 Å². The standard InChI is InChI=1S/C10H13NO2S/c1-11(7-14)8-2-3-9-10(6-8)13-5-4-12-9/h2-3,6,14H,4-5,7H2,1H3. The van der Waals surface area contributed by atoms with Crippen LogP contribution >= 0.6 is 12.6 Å². The maximum atomic E-state index is 5.48. The molecule has 0 saturated heterocycles. The fourth-order valence-electron chi connectivity index (χ4n) is 1.35. The molecule has 0 spiro atoms. The molecule has 0 unspecified atom stereocenters. The van der Waals surface area contributed by atoms with E-state index in [4.69, 9.17) is 9.47 Å². The normalized spacial score (nSPS) is 13.9. The fourth-order valence-corrected chi connectivity index (χ4v) is 1.51. The van der Waals surface area contributed by atoms with Crippen LogP contribution in [-0.4, -0.2) is 26.1 Å². The predicted molar refractivity (Wildman–Crippen MR) is 59.7 cm³/mol. The van der Waals surface area contributed by atoms with Crippen LogP contribution in [-0.2, 0) is 0 Å². The van der Waals surface area contributed by atoms with Crippen molar-refractivity contribution in [3.8, 4) is 11.5 Å². The van der Waals surface area contributed by atoms with E-state index >= 15 is 0 Å². The second-order valence-corrected chi connectivity index (χ2v) is 3.45. The first-order chi connectivity index (χ1) is 6.81. The third-order valence-electron chi connectivity index (χ3n) is 2.18. The van der Waals surface area contributed by atoms with Crippen molar-refractivity contribution in [2.24, 2.45) is 0 Å². The molecule has 1 aromatic carbocycles. The molecule has 0 amide bonds. The first-order valence-corrected chi connectivity index (χ1v) is 5.16. The summed E-state index contributed by atoms with van der Waals surface area (Å²) >= 11 is 4.21. The highest BCUT2D eigenvalue weighted by Gasteiger charge is 2.12. The maximum Gasteiger partial charge on any atom is 0.163 e. The largest absolute Gasteiger partial charge is 0.486 e. The minimum atomic E-state index is 0.626. The molecule has 1 aliphatic heterocycles. The lowest BCUT2D eigenvalue weighted by Crippen LogP contribution is -2.17. The molecule has 3 nitrogen and oxygen atoms in total. The summed E-state index contributed by atoms with van der Waals surface area (Å²) in [4.78, 5) is 2.03. The molecule has 2 rings (SSSR count). The zero-order chi connectivity index (χ0) is 9.97. The third-order valence-corrected chi connectivity index (χ3v) is 2.60. The smallest absolute Gasteiger partial charge is 0.163 e. The van der Waals surface area contributed by atoms with Crippen LogP contribution in [0, 0.1) is 0 Å². The summed E-state index contributed by atoms with van der Waals surface area (Å²) in [5.74, 6) is 2.33. The van der Waals surface area contributed by atoms with Crippen LogP contribution in [0.3, 0.4) is 0 Å². The Balaban J connectivity index is 2.29. The molecule has 1 heterocycles. The maximum absolute atomic E-state index is 5.48. The molecular formula is C10H13NO2S. The average Bonchev–Trinajstić information content (AvgIpc) is 2.27. The molecule has 0 aliphatic carbocycles. The molecular weight excluding hydrogens is 198 g/mol. The van der Waals surface area contributed by atoms with Gasteiger partial charge in [-0.15, -0.1) is 0 Å². The van der Waals surface area contributed by atoms with Gasteiger partial charge in [0.1, 0.15) is 13.2 Å². The van der Waals surface area contributed by atoms with Gasteiger partial charge in [-0.2, -0.15) is 12.6 Å². The van der Waals surface area contributed by atoms with Crippen molar-refractivity contribution in [2.75, 3.05) is 31.0 Å².